The molecule has 0 unspecified atom stereocenters. The minimum Gasteiger partial charge on any atom is -0.469 e. The van der Waals surface area contributed by atoms with E-state index in [9.17, 15) is 9.18 Å². The highest BCUT2D eigenvalue weighted by atomic mass is 28.3. The molecule has 38 heavy (non-hydrogen) atoms. The van der Waals surface area contributed by atoms with Crippen LogP contribution in [0, 0.1) is 5.82 Å². The summed E-state index contributed by atoms with van der Waals surface area (Å²) in [7, 11) is 0.518. The first-order valence-corrected chi connectivity index (χ1v) is 16.3. The number of hydrogen-bond acceptors (Lipinski definition) is 6. The van der Waals surface area contributed by atoms with E-state index in [4.69, 9.17) is 14.1 Å². The third-order valence-electron chi connectivity index (χ3n) is 6.33. The first-order chi connectivity index (χ1) is 18.2. The highest BCUT2D eigenvalue weighted by Crippen LogP contribution is 2.29. The number of nitrogens with one attached hydrogen (secondary N) is 1. The van der Waals surface area contributed by atoms with Gasteiger partial charge in [-0.15, -0.1) is 0 Å². The van der Waals surface area contributed by atoms with E-state index in [2.05, 4.69) is 35.0 Å². The zero-order chi connectivity index (χ0) is 26.9. The van der Waals surface area contributed by atoms with E-state index in [1.54, 1.807) is 36.5 Å². The van der Waals surface area contributed by atoms with Gasteiger partial charge >= 0.3 is 0 Å². The Bertz CT molecular complexity index is 1590. The molecule has 4 heterocycles. The summed E-state index contributed by atoms with van der Waals surface area (Å²) < 4.78 is 28.6. The van der Waals surface area contributed by atoms with E-state index in [1.165, 1.54) is 12.1 Å². The minimum absolute atomic E-state index is 0.262. The summed E-state index contributed by atoms with van der Waals surface area (Å²) >= 11 is 0. The maximum Gasteiger partial charge on any atom is 0.255 e. The number of carbonyl (C=O) groups is 1. The molecule has 5 rings (SSSR count). The van der Waals surface area contributed by atoms with Gasteiger partial charge in [-0.05, 0) is 36.4 Å². The largest absolute Gasteiger partial charge is 0.469 e. The molecule has 0 spiro atoms. The van der Waals surface area contributed by atoms with Gasteiger partial charge in [0.15, 0.2) is 5.65 Å². The molecule has 0 fully saturated rings. The van der Waals surface area contributed by atoms with Gasteiger partial charge in [0.1, 0.15) is 35.2 Å². The lowest BCUT2D eigenvalue weighted by Gasteiger charge is -2.15. The summed E-state index contributed by atoms with van der Waals surface area (Å²) in [6.45, 7) is 8.22. The quantitative estimate of drug-likeness (QED) is 0.200. The molecular weight excluding hydrogens is 503 g/mol. The smallest absolute Gasteiger partial charge is 0.255 e. The summed E-state index contributed by atoms with van der Waals surface area (Å²) in [5, 5.41) is 8.26. The lowest BCUT2D eigenvalue weighted by atomic mass is 10.1. The number of aryl methyl sites for hydroxylation is 1. The number of rotatable bonds is 10. The van der Waals surface area contributed by atoms with Gasteiger partial charge in [-0.1, -0.05) is 19.6 Å². The number of amides is 1. The van der Waals surface area contributed by atoms with Gasteiger partial charge in [-0.3, -0.25) is 9.48 Å². The molecule has 9 nitrogen and oxygen atoms in total. The first kappa shape index (κ1) is 25.8. The number of hydrogen-bond donors (Lipinski definition) is 1. The number of furan rings is 1. The lowest BCUT2D eigenvalue weighted by Crippen LogP contribution is -2.25. The highest BCUT2D eigenvalue weighted by Gasteiger charge is 2.21. The number of carbonyl (C=O) groups excluding carboxylic acids is 1. The molecular formula is C27H31FN6O3Si. The predicted octanol–water partition coefficient (Wildman–Crippen LogP) is 5.00. The molecule has 0 saturated heterocycles. The van der Waals surface area contributed by atoms with Crippen molar-refractivity contribution in [3.63, 3.8) is 0 Å². The van der Waals surface area contributed by atoms with Crippen molar-refractivity contribution in [1.82, 2.24) is 29.6 Å². The average Bonchev–Trinajstić information content (AvgIpc) is 3.59. The summed E-state index contributed by atoms with van der Waals surface area (Å²) in [6, 6.07) is 9.24. The van der Waals surface area contributed by atoms with Gasteiger partial charge in [-0.2, -0.15) is 5.10 Å². The SMILES string of the molecule is Cn1nc(-c2cnc3c(n2)c(C(=O)NCCc2ccco2)cn3COCC[Si](C)(C)C)c2ccc(F)cc21. The van der Waals surface area contributed by atoms with Crippen molar-refractivity contribution in [3.05, 3.63) is 66.1 Å². The molecule has 0 saturated carbocycles. The average molecular weight is 535 g/mol. The number of aromatic nitrogens is 5. The third-order valence-corrected chi connectivity index (χ3v) is 8.03. The van der Waals surface area contributed by atoms with Crippen molar-refractivity contribution < 1.29 is 18.3 Å². The molecule has 0 bridgehead atoms. The molecule has 0 aliphatic heterocycles. The first-order valence-electron chi connectivity index (χ1n) is 12.6. The number of ether oxygens (including phenoxy) is 1. The van der Waals surface area contributed by atoms with Crippen LogP contribution in [0.3, 0.4) is 0 Å². The Morgan fingerprint density at radius 2 is 2.08 bits per heavy atom. The third kappa shape index (κ3) is 5.53. The number of halogens is 1. The standard InChI is InChI=1S/C27H31FN6O3Si/c1-33-23-14-18(28)7-8-20(23)24(32-33)22-15-30-26-25(31-22)21(16-34(26)17-36-12-13-38(2,3)4)27(35)29-10-9-19-6-5-11-37-19/h5-8,11,14-16H,9-10,12-13,17H2,1-4H3,(H,29,35). The minimum atomic E-state index is -1.24. The topological polar surface area (TPSA) is 100 Å². The van der Waals surface area contributed by atoms with Crippen molar-refractivity contribution in [2.45, 2.75) is 38.8 Å². The normalized spacial score (nSPS) is 12.0. The van der Waals surface area contributed by atoms with Gasteiger partial charge in [0.25, 0.3) is 5.91 Å². The van der Waals surface area contributed by atoms with Crippen LogP contribution in [0.4, 0.5) is 4.39 Å². The van der Waals surface area contributed by atoms with E-state index < -0.39 is 8.07 Å². The summed E-state index contributed by atoms with van der Waals surface area (Å²) in [6.07, 6.45) is 5.55. The van der Waals surface area contributed by atoms with Crippen molar-refractivity contribution in [1.29, 1.82) is 0 Å². The monoisotopic (exact) mass is 534 g/mol. The maximum absolute atomic E-state index is 13.8. The van der Waals surface area contributed by atoms with Gasteiger partial charge in [0, 0.05) is 46.3 Å². The molecule has 0 aliphatic rings. The lowest BCUT2D eigenvalue weighted by molar-refractivity contribution is 0.0892. The molecule has 0 atom stereocenters. The molecule has 4 aromatic heterocycles. The van der Waals surface area contributed by atoms with Crippen LogP contribution in [-0.4, -0.2) is 51.4 Å². The second-order valence-electron chi connectivity index (χ2n) is 10.5. The molecule has 5 aromatic rings. The fourth-order valence-corrected chi connectivity index (χ4v) is 5.00. The van der Waals surface area contributed by atoms with Gasteiger partial charge in [0.05, 0.1) is 23.5 Å². The van der Waals surface area contributed by atoms with Crippen LogP contribution in [-0.2, 0) is 24.9 Å². The summed E-state index contributed by atoms with van der Waals surface area (Å²) in [4.78, 5) is 22.7. The van der Waals surface area contributed by atoms with E-state index >= 15 is 0 Å². The number of nitrogens with zero attached hydrogens (tertiary/aromatic N) is 5. The van der Waals surface area contributed by atoms with Crippen LogP contribution in [0.15, 0.2) is 53.4 Å². The molecule has 11 heteroatoms. The number of fused-ring (bicyclic) bond motifs is 2. The van der Waals surface area contributed by atoms with Gasteiger partial charge < -0.3 is 19.0 Å². The Balaban J connectivity index is 1.47. The van der Waals surface area contributed by atoms with Crippen LogP contribution < -0.4 is 5.32 Å². The zero-order valence-electron chi connectivity index (χ0n) is 22.0. The van der Waals surface area contributed by atoms with Crippen LogP contribution in [0.25, 0.3) is 33.5 Å². The molecule has 198 valence electrons. The van der Waals surface area contributed by atoms with E-state index in [-0.39, 0.29) is 18.5 Å². The fraction of sp³-hybridized carbons (Fsp3) is 0.333. The molecule has 0 radical (unpaired) electrons. The van der Waals surface area contributed by atoms with Crippen molar-refractivity contribution in [2.24, 2.45) is 7.05 Å². The fourth-order valence-electron chi connectivity index (χ4n) is 4.24. The van der Waals surface area contributed by atoms with E-state index in [0.29, 0.717) is 53.2 Å². The van der Waals surface area contributed by atoms with Crippen molar-refractivity contribution >= 4 is 36.0 Å². The second kappa shape index (κ2) is 10.5. The molecule has 0 aliphatic carbocycles. The number of benzene rings is 1. The Morgan fingerprint density at radius 1 is 1.24 bits per heavy atom. The van der Waals surface area contributed by atoms with Gasteiger partial charge in [-0.25, -0.2) is 14.4 Å². The van der Waals surface area contributed by atoms with Crippen LogP contribution in [0.2, 0.25) is 25.7 Å². The van der Waals surface area contributed by atoms with Crippen LogP contribution >= 0.6 is 0 Å². The Kier molecular flexibility index (Phi) is 7.13. The van der Waals surface area contributed by atoms with Crippen LogP contribution in [0.1, 0.15) is 16.1 Å². The predicted molar refractivity (Wildman–Crippen MR) is 146 cm³/mol. The van der Waals surface area contributed by atoms with E-state index in [1.807, 2.05) is 16.7 Å². The Labute approximate surface area is 220 Å². The maximum atomic E-state index is 13.8. The summed E-state index contributed by atoms with van der Waals surface area (Å²) in [5.74, 6) is 0.194. The second-order valence-corrected chi connectivity index (χ2v) is 16.1. The Hall–Kier alpha value is -3.83. The Morgan fingerprint density at radius 3 is 2.84 bits per heavy atom. The highest BCUT2D eigenvalue weighted by molar-refractivity contribution is 6.76. The van der Waals surface area contributed by atoms with Crippen molar-refractivity contribution in [3.8, 4) is 11.4 Å². The zero-order valence-corrected chi connectivity index (χ0v) is 23.0. The van der Waals surface area contributed by atoms with Crippen molar-refractivity contribution in [2.75, 3.05) is 13.2 Å². The molecule has 1 amide bonds. The van der Waals surface area contributed by atoms with Gasteiger partial charge in [0.2, 0.25) is 0 Å². The molecule has 1 aromatic carbocycles. The molecule has 1 N–H and O–H groups in total. The van der Waals surface area contributed by atoms with Crippen LogP contribution in [0.5, 0.6) is 0 Å². The summed E-state index contributed by atoms with van der Waals surface area (Å²) in [5.41, 5.74) is 3.11. The van der Waals surface area contributed by atoms with E-state index in [0.717, 1.165) is 17.2 Å².